The monoisotopic (exact) mass is 377 g/mol. The van der Waals surface area contributed by atoms with Crippen LogP contribution in [-0.4, -0.2) is 37.7 Å². The van der Waals surface area contributed by atoms with Crippen LogP contribution in [0.4, 0.5) is 0 Å². The van der Waals surface area contributed by atoms with E-state index < -0.39 is 14.6 Å². The molecule has 2 fully saturated rings. The van der Waals surface area contributed by atoms with Gasteiger partial charge in [0.15, 0.2) is 9.84 Å². The summed E-state index contributed by atoms with van der Waals surface area (Å²) in [5.41, 5.74) is 0. The van der Waals surface area contributed by atoms with E-state index >= 15 is 0 Å². The average Bonchev–Trinajstić information content (AvgIpc) is 2.68. The van der Waals surface area contributed by atoms with Crippen molar-refractivity contribution in [2.75, 3.05) is 19.6 Å². The van der Waals surface area contributed by atoms with Crippen molar-refractivity contribution >= 4 is 9.84 Å². The Labute approximate surface area is 160 Å². The molecule has 1 saturated heterocycles. The highest BCUT2D eigenvalue weighted by atomic mass is 32.2. The number of sulfone groups is 1. The predicted octanol–water partition coefficient (Wildman–Crippen LogP) is 4.92. The lowest BCUT2D eigenvalue weighted by atomic mass is 9.76. The molecule has 1 aliphatic carbocycles. The molecular weight excluding hydrogens is 342 g/mol. The fourth-order valence-electron chi connectivity index (χ4n) is 4.73. The highest BCUT2D eigenvalue weighted by Gasteiger charge is 2.36. The van der Waals surface area contributed by atoms with Gasteiger partial charge in [-0.15, -0.1) is 0 Å². The Kier molecular flexibility index (Phi) is 6.45. The molecular formula is C22H35NO2S. The van der Waals surface area contributed by atoms with Crippen molar-refractivity contribution in [3.05, 3.63) is 30.3 Å². The molecule has 0 amide bonds. The highest BCUT2D eigenvalue weighted by Crippen LogP contribution is 2.36. The first-order valence-corrected chi connectivity index (χ1v) is 11.9. The summed E-state index contributed by atoms with van der Waals surface area (Å²) in [5, 5.41) is 0. The summed E-state index contributed by atoms with van der Waals surface area (Å²) in [5.74, 6) is 1.87. The maximum absolute atomic E-state index is 13.0. The third-order valence-electron chi connectivity index (χ3n) is 6.76. The van der Waals surface area contributed by atoms with Gasteiger partial charge in [-0.3, -0.25) is 0 Å². The van der Waals surface area contributed by atoms with E-state index in [0.29, 0.717) is 11.3 Å². The second-order valence-corrected chi connectivity index (χ2v) is 11.5. The van der Waals surface area contributed by atoms with Gasteiger partial charge in [-0.2, -0.15) is 0 Å². The van der Waals surface area contributed by atoms with Gasteiger partial charge >= 0.3 is 0 Å². The number of nitrogens with zero attached hydrogens (tertiary/aromatic N) is 1. The van der Waals surface area contributed by atoms with Crippen molar-refractivity contribution < 1.29 is 8.42 Å². The lowest BCUT2D eigenvalue weighted by Crippen LogP contribution is -2.41. The minimum absolute atomic E-state index is 0.445. The van der Waals surface area contributed by atoms with Gasteiger partial charge in [0.25, 0.3) is 0 Å². The van der Waals surface area contributed by atoms with Gasteiger partial charge in [-0.25, -0.2) is 8.42 Å². The summed E-state index contributed by atoms with van der Waals surface area (Å²) in [6, 6.07) is 8.90. The Bertz CT molecular complexity index is 655. The quantitative estimate of drug-likeness (QED) is 0.706. The van der Waals surface area contributed by atoms with Gasteiger partial charge in [0, 0.05) is 0 Å². The molecule has 0 unspecified atom stereocenters. The van der Waals surface area contributed by atoms with Gasteiger partial charge in [0.1, 0.15) is 0 Å². The summed E-state index contributed by atoms with van der Waals surface area (Å²) in [7, 11) is -3.29. The van der Waals surface area contributed by atoms with Crippen molar-refractivity contribution in [2.45, 2.75) is 74.9 Å². The Balaban J connectivity index is 1.51. The Morgan fingerprint density at radius 1 is 0.923 bits per heavy atom. The Hall–Kier alpha value is -0.870. The smallest absolute Gasteiger partial charge is 0.183 e. The van der Waals surface area contributed by atoms with Gasteiger partial charge < -0.3 is 4.90 Å². The molecule has 0 bridgehead atoms. The molecule has 1 heterocycles. The van der Waals surface area contributed by atoms with Gasteiger partial charge in [-0.1, -0.05) is 50.3 Å². The fraction of sp³-hybridized carbons (Fsp3) is 0.727. The van der Waals surface area contributed by atoms with Crippen LogP contribution < -0.4 is 0 Å². The molecule has 4 heteroatoms. The minimum Gasteiger partial charge on any atom is -0.303 e. The van der Waals surface area contributed by atoms with Crippen molar-refractivity contribution in [2.24, 2.45) is 11.8 Å². The lowest BCUT2D eigenvalue weighted by molar-refractivity contribution is 0.124. The van der Waals surface area contributed by atoms with Crippen LogP contribution in [0.3, 0.4) is 0 Å². The zero-order valence-electron chi connectivity index (χ0n) is 16.5. The van der Waals surface area contributed by atoms with Crippen molar-refractivity contribution in [3.8, 4) is 0 Å². The molecule has 0 atom stereocenters. The first kappa shape index (κ1) is 19.9. The number of piperidine rings is 1. The van der Waals surface area contributed by atoms with Crippen LogP contribution >= 0.6 is 0 Å². The first-order chi connectivity index (χ1) is 12.4. The van der Waals surface area contributed by atoms with Crippen molar-refractivity contribution in [1.82, 2.24) is 4.90 Å². The van der Waals surface area contributed by atoms with Gasteiger partial charge in [0.05, 0.1) is 9.64 Å². The Morgan fingerprint density at radius 3 is 2.12 bits per heavy atom. The SMILES string of the molecule is CC(C)(CCN1CCC(C2CCCCC2)CC1)S(=O)(=O)c1ccccc1. The van der Waals surface area contributed by atoms with Crippen LogP contribution in [0.2, 0.25) is 0 Å². The summed E-state index contributed by atoms with van der Waals surface area (Å²) in [4.78, 5) is 2.93. The molecule has 1 saturated carbocycles. The van der Waals surface area contributed by atoms with E-state index in [4.69, 9.17) is 0 Å². The molecule has 0 N–H and O–H groups in total. The van der Waals surface area contributed by atoms with E-state index in [0.717, 1.165) is 31.5 Å². The number of hydrogen-bond donors (Lipinski definition) is 0. The van der Waals surface area contributed by atoms with E-state index in [1.807, 2.05) is 19.9 Å². The second-order valence-electron chi connectivity index (χ2n) is 8.90. The van der Waals surface area contributed by atoms with Gasteiger partial charge in [-0.05, 0) is 76.7 Å². The van der Waals surface area contributed by atoms with E-state index in [1.165, 1.54) is 44.9 Å². The number of likely N-dealkylation sites (tertiary alicyclic amines) is 1. The maximum atomic E-state index is 13.0. The molecule has 0 radical (unpaired) electrons. The molecule has 3 rings (SSSR count). The second kappa shape index (κ2) is 8.43. The number of benzene rings is 1. The summed E-state index contributed by atoms with van der Waals surface area (Å²) in [6.07, 6.45) is 10.5. The van der Waals surface area contributed by atoms with Crippen molar-refractivity contribution in [1.29, 1.82) is 0 Å². The van der Waals surface area contributed by atoms with Gasteiger partial charge in [0.2, 0.25) is 0 Å². The highest BCUT2D eigenvalue weighted by molar-refractivity contribution is 7.92. The zero-order valence-corrected chi connectivity index (χ0v) is 17.3. The lowest BCUT2D eigenvalue weighted by Gasteiger charge is -2.38. The Morgan fingerprint density at radius 2 is 1.50 bits per heavy atom. The van der Waals surface area contributed by atoms with Crippen LogP contribution in [0.15, 0.2) is 35.2 Å². The summed E-state index contributed by atoms with van der Waals surface area (Å²) in [6.45, 7) is 6.93. The molecule has 0 aromatic heterocycles. The van der Waals surface area contributed by atoms with E-state index in [-0.39, 0.29) is 0 Å². The average molecular weight is 378 g/mol. The van der Waals surface area contributed by atoms with E-state index in [2.05, 4.69) is 4.90 Å². The van der Waals surface area contributed by atoms with Crippen LogP contribution in [-0.2, 0) is 9.84 Å². The molecule has 3 nitrogen and oxygen atoms in total. The third-order valence-corrected chi connectivity index (χ3v) is 9.31. The third kappa shape index (κ3) is 4.51. The number of rotatable bonds is 6. The first-order valence-electron chi connectivity index (χ1n) is 10.4. The number of hydrogen-bond acceptors (Lipinski definition) is 3. The normalized spacial score (nSPS) is 21.8. The maximum Gasteiger partial charge on any atom is 0.183 e. The van der Waals surface area contributed by atoms with Crippen LogP contribution in [0, 0.1) is 11.8 Å². The summed E-state index contributed by atoms with van der Waals surface area (Å²) < 4.78 is 25.2. The summed E-state index contributed by atoms with van der Waals surface area (Å²) >= 11 is 0. The van der Waals surface area contributed by atoms with Crippen LogP contribution in [0.1, 0.15) is 65.2 Å². The van der Waals surface area contributed by atoms with Crippen molar-refractivity contribution in [3.63, 3.8) is 0 Å². The van der Waals surface area contributed by atoms with E-state index in [1.54, 1.807) is 24.3 Å². The largest absolute Gasteiger partial charge is 0.303 e. The molecule has 1 aromatic rings. The molecule has 0 spiro atoms. The van der Waals surface area contributed by atoms with Crippen LogP contribution in [0.5, 0.6) is 0 Å². The zero-order chi connectivity index (χ0) is 18.6. The molecule has 2 aliphatic rings. The van der Waals surface area contributed by atoms with Crippen LogP contribution in [0.25, 0.3) is 0 Å². The minimum atomic E-state index is -3.29. The predicted molar refractivity (Wildman–Crippen MR) is 108 cm³/mol. The van der Waals surface area contributed by atoms with E-state index in [9.17, 15) is 8.42 Å². The molecule has 1 aliphatic heterocycles. The molecule has 26 heavy (non-hydrogen) atoms. The fourth-order valence-corrected chi connectivity index (χ4v) is 6.25. The standard InChI is InChI=1S/C22H35NO2S/c1-22(2,26(24,25)21-11-7-4-8-12-21)15-18-23-16-13-20(14-17-23)19-9-5-3-6-10-19/h4,7-8,11-12,19-20H,3,5-6,9-10,13-18H2,1-2H3. The topological polar surface area (TPSA) is 37.4 Å². The molecule has 146 valence electrons. The molecule has 1 aromatic carbocycles.